The Kier molecular flexibility index (Phi) is 5.22. The average Bonchev–Trinajstić information content (AvgIpc) is 3.46. The van der Waals surface area contributed by atoms with Gasteiger partial charge in [-0.05, 0) is 60.7 Å². The molecule has 2 aromatic carbocycles. The van der Waals surface area contributed by atoms with Gasteiger partial charge in [-0.1, -0.05) is 35.9 Å². The largest absolute Gasteiger partial charge is 0.349 e. The summed E-state index contributed by atoms with van der Waals surface area (Å²) in [5.41, 5.74) is 4.72. The molecule has 0 atom stereocenters. The summed E-state index contributed by atoms with van der Waals surface area (Å²) in [4.78, 5) is 13.2. The molecule has 1 heterocycles. The lowest BCUT2D eigenvalue weighted by molar-refractivity contribution is 0.0951. The van der Waals surface area contributed by atoms with E-state index in [-0.39, 0.29) is 16.8 Å². The van der Waals surface area contributed by atoms with Crippen molar-refractivity contribution in [2.75, 3.05) is 0 Å². The highest BCUT2D eigenvalue weighted by Gasteiger charge is 2.29. The first kappa shape index (κ1) is 20.7. The normalized spacial score (nSPS) is 14.0. The number of carbonyl (C=O) groups excluding carboxylic acids is 1. The van der Waals surface area contributed by atoms with Crippen LogP contribution in [0.2, 0.25) is 5.02 Å². The Morgan fingerprint density at radius 1 is 1.03 bits per heavy atom. The number of nitrogens with two attached hydrogens (primary N) is 1. The summed E-state index contributed by atoms with van der Waals surface area (Å²) in [7, 11) is -1.90. The van der Waals surface area contributed by atoms with Gasteiger partial charge < -0.3 is 9.88 Å². The molecule has 1 aliphatic carbocycles. The highest BCUT2D eigenvalue weighted by Crippen LogP contribution is 2.37. The van der Waals surface area contributed by atoms with Crippen molar-refractivity contribution in [2.24, 2.45) is 12.2 Å². The van der Waals surface area contributed by atoms with E-state index in [2.05, 4.69) is 5.32 Å². The average molecular weight is 444 g/mol. The lowest BCUT2D eigenvalue weighted by Gasteiger charge is -2.11. The first-order valence-corrected chi connectivity index (χ1v) is 11.5. The first-order chi connectivity index (χ1) is 14.2. The van der Waals surface area contributed by atoms with Gasteiger partial charge in [0.05, 0.1) is 21.8 Å². The first-order valence-electron chi connectivity index (χ1n) is 9.56. The van der Waals surface area contributed by atoms with Gasteiger partial charge in [0.25, 0.3) is 5.91 Å². The number of sulfonamides is 1. The van der Waals surface area contributed by atoms with Gasteiger partial charge in [-0.25, -0.2) is 13.6 Å². The lowest BCUT2D eigenvalue weighted by Crippen LogP contribution is -2.26. The van der Waals surface area contributed by atoms with Crippen molar-refractivity contribution in [3.05, 3.63) is 64.7 Å². The molecule has 1 amide bonds. The minimum atomic E-state index is -3.79. The third-order valence-electron chi connectivity index (χ3n) is 5.35. The molecule has 1 aromatic heterocycles. The van der Waals surface area contributed by atoms with Crippen LogP contribution in [0.15, 0.2) is 53.4 Å². The number of benzene rings is 2. The van der Waals surface area contributed by atoms with Gasteiger partial charge in [0, 0.05) is 18.1 Å². The molecular formula is C22H22ClN3O3S. The van der Waals surface area contributed by atoms with E-state index in [1.54, 1.807) is 12.1 Å². The Labute approximate surface area is 180 Å². The summed E-state index contributed by atoms with van der Waals surface area (Å²) in [5, 5.41) is 8.93. The van der Waals surface area contributed by atoms with Crippen molar-refractivity contribution in [1.82, 2.24) is 9.88 Å². The standard InChI is InChI=1S/C22H22ClN3O3S/c1-13-19(22(27)25-17-9-10-17)21(15-5-11-18(12-6-15)30(24,28)29)26(2)20(13)14-3-7-16(23)8-4-14/h3-8,11-12,17H,9-10H2,1-2H3,(H,25,27)(H2,24,28,29). The van der Waals surface area contributed by atoms with E-state index in [1.807, 2.05) is 42.8 Å². The molecule has 8 heteroatoms. The monoisotopic (exact) mass is 443 g/mol. The van der Waals surface area contributed by atoms with Crippen LogP contribution in [0.25, 0.3) is 22.5 Å². The number of aromatic nitrogens is 1. The number of carbonyl (C=O) groups is 1. The molecule has 1 fully saturated rings. The van der Waals surface area contributed by atoms with Crippen LogP contribution in [0, 0.1) is 6.92 Å². The van der Waals surface area contributed by atoms with Crippen LogP contribution in [-0.2, 0) is 17.1 Å². The second kappa shape index (κ2) is 7.58. The van der Waals surface area contributed by atoms with Crippen LogP contribution in [0.5, 0.6) is 0 Å². The molecule has 0 bridgehead atoms. The molecule has 6 nitrogen and oxygen atoms in total. The third kappa shape index (κ3) is 3.88. The summed E-state index contributed by atoms with van der Waals surface area (Å²) in [6.07, 6.45) is 1.97. The van der Waals surface area contributed by atoms with Crippen molar-refractivity contribution < 1.29 is 13.2 Å². The second-order valence-corrected chi connectivity index (χ2v) is 9.58. The van der Waals surface area contributed by atoms with Gasteiger partial charge in [0.15, 0.2) is 0 Å². The number of halogens is 1. The molecule has 0 unspecified atom stereocenters. The quantitative estimate of drug-likeness (QED) is 0.626. The van der Waals surface area contributed by atoms with Gasteiger partial charge in [-0.2, -0.15) is 0 Å². The zero-order valence-electron chi connectivity index (χ0n) is 16.6. The Morgan fingerprint density at radius 2 is 1.57 bits per heavy atom. The van der Waals surface area contributed by atoms with Crippen molar-refractivity contribution in [3.8, 4) is 22.5 Å². The molecule has 0 aliphatic heterocycles. The Hall–Kier alpha value is -2.61. The molecular weight excluding hydrogens is 422 g/mol. The summed E-state index contributed by atoms with van der Waals surface area (Å²) >= 11 is 6.05. The van der Waals surface area contributed by atoms with Gasteiger partial charge >= 0.3 is 0 Å². The predicted octanol–water partition coefficient (Wildman–Crippen LogP) is 3.86. The van der Waals surface area contributed by atoms with Gasteiger partial charge in [-0.3, -0.25) is 4.79 Å². The smallest absolute Gasteiger partial charge is 0.253 e. The van der Waals surface area contributed by atoms with E-state index in [0.29, 0.717) is 10.6 Å². The van der Waals surface area contributed by atoms with Gasteiger partial charge in [0.1, 0.15) is 0 Å². The van der Waals surface area contributed by atoms with E-state index < -0.39 is 10.0 Å². The SMILES string of the molecule is Cc1c(C(=O)NC2CC2)c(-c2ccc(S(N)(=O)=O)cc2)n(C)c1-c1ccc(Cl)cc1. The van der Waals surface area contributed by atoms with Crippen molar-refractivity contribution in [3.63, 3.8) is 0 Å². The summed E-state index contributed by atoms with van der Waals surface area (Å²) in [5.74, 6) is -0.128. The Balaban J connectivity index is 1.90. The van der Waals surface area contributed by atoms with Crippen molar-refractivity contribution in [1.29, 1.82) is 0 Å². The maximum atomic E-state index is 13.1. The van der Waals surface area contributed by atoms with Crippen LogP contribution in [0.3, 0.4) is 0 Å². The van der Waals surface area contributed by atoms with E-state index in [4.69, 9.17) is 16.7 Å². The molecule has 30 heavy (non-hydrogen) atoms. The number of hydrogen-bond acceptors (Lipinski definition) is 3. The van der Waals surface area contributed by atoms with Crippen LogP contribution < -0.4 is 10.5 Å². The Morgan fingerprint density at radius 3 is 2.10 bits per heavy atom. The zero-order chi connectivity index (χ0) is 21.6. The summed E-state index contributed by atoms with van der Waals surface area (Å²) in [6.45, 7) is 1.92. The van der Waals surface area contributed by atoms with Gasteiger partial charge in [0.2, 0.25) is 10.0 Å². The summed E-state index contributed by atoms with van der Waals surface area (Å²) < 4.78 is 25.2. The third-order valence-corrected chi connectivity index (χ3v) is 6.53. The molecule has 3 aromatic rings. The van der Waals surface area contributed by atoms with Crippen molar-refractivity contribution >= 4 is 27.5 Å². The predicted molar refractivity (Wildman–Crippen MR) is 118 cm³/mol. The molecule has 0 radical (unpaired) electrons. The topological polar surface area (TPSA) is 94.2 Å². The number of primary sulfonamides is 1. The molecule has 0 saturated heterocycles. The molecule has 156 valence electrons. The maximum absolute atomic E-state index is 13.1. The van der Waals surface area contributed by atoms with Crippen molar-refractivity contribution in [2.45, 2.75) is 30.7 Å². The number of nitrogens with one attached hydrogen (secondary N) is 1. The van der Waals surface area contributed by atoms with E-state index in [1.165, 1.54) is 12.1 Å². The van der Waals surface area contributed by atoms with Crippen LogP contribution >= 0.6 is 11.6 Å². The number of hydrogen-bond donors (Lipinski definition) is 2. The fraction of sp³-hybridized carbons (Fsp3) is 0.227. The minimum absolute atomic E-state index is 0.0269. The molecule has 3 N–H and O–H groups in total. The molecule has 1 aliphatic rings. The lowest BCUT2D eigenvalue weighted by atomic mass is 10.0. The maximum Gasteiger partial charge on any atom is 0.253 e. The van der Waals surface area contributed by atoms with Gasteiger partial charge in [-0.15, -0.1) is 0 Å². The van der Waals surface area contributed by atoms with E-state index in [0.717, 1.165) is 40.9 Å². The fourth-order valence-corrected chi connectivity index (χ4v) is 4.39. The van der Waals surface area contributed by atoms with Crippen LogP contribution in [0.4, 0.5) is 0 Å². The van der Waals surface area contributed by atoms with Crippen LogP contribution in [0.1, 0.15) is 28.8 Å². The zero-order valence-corrected chi connectivity index (χ0v) is 18.2. The molecule has 4 rings (SSSR count). The van der Waals surface area contributed by atoms with Crippen LogP contribution in [-0.4, -0.2) is 24.9 Å². The highest BCUT2D eigenvalue weighted by molar-refractivity contribution is 7.89. The Bertz CT molecular complexity index is 1230. The number of amides is 1. The second-order valence-electron chi connectivity index (χ2n) is 7.58. The van der Waals surface area contributed by atoms with E-state index in [9.17, 15) is 13.2 Å². The molecule has 0 spiro atoms. The van der Waals surface area contributed by atoms with E-state index >= 15 is 0 Å². The molecule has 1 saturated carbocycles. The number of rotatable bonds is 5. The fourth-order valence-electron chi connectivity index (χ4n) is 3.75. The summed E-state index contributed by atoms with van der Waals surface area (Å²) in [6, 6.07) is 13.9. The highest BCUT2D eigenvalue weighted by atomic mass is 35.5. The number of nitrogens with zero attached hydrogens (tertiary/aromatic N) is 1. The minimum Gasteiger partial charge on any atom is -0.349 e.